The zero-order valence-corrected chi connectivity index (χ0v) is 27.5. The van der Waals surface area contributed by atoms with Crippen LogP contribution in [0.15, 0.2) is 55.0 Å². The average Bonchev–Trinajstić information content (AvgIpc) is 3.64. The van der Waals surface area contributed by atoms with Crippen molar-refractivity contribution in [3.05, 3.63) is 82.6 Å². The average molecular weight is 723 g/mol. The number of carbonyl (C=O) groups is 1. The third-order valence-corrected chi connectivity index (χ3v) is 8.83. The van der Waals surface area contributed by atoms with Crippen LogP contribution < -0.4 is 15.4 Å². The first-order valence-corrected chi connectivity index (χ1v) is 16.1. The number of aliphatic hydroxyl groups excluding tert-OH is 1. The number of hydrogen-bond acceptors (Lipinski definition) is 10. The van der Waals surface area contributed by atoms with Crippen LogP contribution in [0.5, 0.6) is 5.75 Å². The van der Waals surface area contributed by atoms with Crippen molar-refractivity contribution in [1.82, 2.24) is 25.1 Å². The largest absolute Gasteiger partial charge is 0.490 e. The fourth-order valence-corrected chi connectivity index (χ4v) is 6.59. The molecule has 3 aromatic heterocycles. The summed E-state index contributed by atoms with van der Waals surface area (Å²) < 4.78 is 58.0. The topological polar surface area (TPSA) is 144 Å². The van der Waals surface area contributed by atoms with E-state index in [1.807, 2.05) is 16.9 Å². The Morgan fingerprint density at radius 2 is 1.98 bits per heavy atom. The normalized spacial score (nSPS) is 12.9. The van der Waals surface area contributed by atoms with E-state index in [2.05, 4.69) is 25.7 Å². The molecule has 260 valence electrons. The van der Waals surface area contributed by atoms with Crippen LogP contribution in [0.2, 0.25) is 5.02 Å². The lowest BCUT2D eigenvalue weighted by atomic mass is 9.95. The molecule has 0 fully saturated rings. The number of aryl methyl sites for hydroxylation is 1. The molecule has 49 heavy (non-hydrogen) atoms. The fraction of sp³-hybridized carbons (Fsp3) is 0.312. The maximum absolute atomic E-state index is 13.5. The molecule has 6 rings (SSSR count). The van der Waals surface area contributed by atoms with Crippen LogP contribution in [0, 0.1) is 5.82 Å². The number of benzene rings is 2. The van der Waals surface area contributed by atoms with Crippen LogP contribution in [0.1, 0.15) is 16.8 Å². The van der Waals surface area contributed by atoms with E-state index in [-0.39, 0.29) is 12.4 Å². The minimum atomic E-state index is -5.08. The third-order valence-electron chi connectivity index (χ3n) is 7.36. The molecule has 1 atom stereocenters. The summed E-state index contributed by atoms with van der Waals surface area (Å²) in [4.78, 5) is 20.0. The SMILES string of the molecule is COCCNC[C@@H](O)Cn1ncc2c1CCc1c-2sc2ncnc(Nc3ccc(OCc4cccc(F)c4)c(Cl)c3)c12.O=C(O)C(F)(F)F. The van der Waals surface area contributed by atoms with E-state index in [4.69, 9.17) is 31.0 Å². The van der Waals surface area contributed by atoms with Crippen molar-refractivity contribution in [2.24, 2.45) is 0 Å². The van der Waals surface area contributed by atoms with Gasteiger partial charge in [-0.2, -0.15) is 18.3 Å². The fourth-order valence-electron chi connectivity index (χ4n) is 5.13. The Morgan fingerprint density at radius 3 is 2.69 bits per heavy atom. The number of halogens is 5. The second-order valence-corrected chi connectivity index (χ2v) is 12.2. The molecule has 0 saturated heterocycles. The first kappa shape index (κ1) is 35.9. The monoisotopic (exact) mass is 722 g/mol. The molecular formula is C32H31ClF4N6O5S. The number of thiophene rings is 1. The second kappa shape index (κ2) is 15.9. The summed E-state index contributed by atoms with van der Waals surface area (Å²) in [5, 5.41) is 30.3. The molecule has 1 aliphatic rings. The van der Waals surface area contributed by atoms with Gasteiger partial charge in [0.1, 0.15) is 35.1 Å². The number of hydrogen-bond donors (Lipinski definition) is 4. The van der Waals surface area contributed by atoms with Crippen LogP contribution in [-0.2, 0) is 35.5 Å². The summed E-state index contributed by atoms with van der Waals surface area (Å²) >= 11 is 8.16. The number of fused-ring (bicyclic) bond motifs is 5. The minimum absolute atomic E-state index is 0.209. The van der Waals surface area contributed by atoms with Crippen LogP contribution in [-0.4, -0.2) is 75.0 Å². The number of rotatable bonds is 12. The van der Waals surface area contributed by atoms with Crippen LogP contribution >= 0.6 is 22.9 Å². The van der Waals surface area contributed by atoms with Gasteiger partial charge in [0.15, 0.2) is 0 Å². The highest BCUT2D eigenvalue weighted by Gasteiger charge is 2.38. The lowest BCUT2D eigenvalue weighted by Gasteiger charge is -2.18. The van der Waals surface area contributed by atoms with Gasteiger partial charge in [-0.1, -0.05) is 23.7 Å². The number of ether oxygens (including phenoxy) is 2. The molecule has 2 aromatic carbocycles. The number of aromatic nitrogens is 4. The Bertz CT molecular complexity index is 1920. The molecule has 1 aliphatic carbocycles. The summed E-state index contributed by atoms with van der Waals surface area (Å²) in [5.41, 5.74) is 4.86. The van der Waals surface area contributed by atoms with E-state index in [0.717, 1.165) is 50.4 Å². The van der Waals surface area contributed by atoms with E-state index in [0.29, 0.717) is 42.8 Å². The summed E-state index contributed by atoms with van der Waals surface area (Å²) in [6.07, 6.45) is -0.582. The van der Waals surface area contributed by atoms with Gasteiger partial charge in [-0.3, -0.25) is 4.68 Å². The molecule has 0 saturated carbocycles. The number of anilines is 2. The van der Waals surface area contributed by atoms with E-state index < -0.39 is 18.2 Å². The number of aliphatic carboxylic acids is 1. The predicted octanol–water partition coefficient (Wildman–Crippen LogP) is 6.00. The minimum Gasteiger partial charge on any atom is -0.487 e. The van der Waals surface area contributed by atoms with Crippen molar-refractivity contribution in [2.45, 2.75) is 38.3 Å². The number of nitrogens with one attached hydrogen (secondary N) is 2. The molecule has 5 aromatic rings. The van der Waals surface area contributed by atoms with Crippen molar-refractivity contribution in [3.8, 4) is 16.2 Å². The molecular weight excluding hydrogens is 692 g/mol. The quantitative estimate of drug-likeness (QED) is 0.0895. The maximum atomic E-state index is 13.5. The smallest absolute Gasteiger partial charge is 0.487 e. The molecule has 17 heteroatoms. The summed E-state index contributed by atoms with van der Waals surface area (Å²) in [6, 6.07) is 11.7. The molecule has 3 heterocycles. The van der Waals surface area contributed by atoms with Crippen molar-refractivity contribution >= 4 is 50.6 Å². The standard InChI is InChI=1S/C30H30ClFN6O3S.C2HF3O2/c1-40-10-9-33-13-21(39)15-38-25-7-6-22-27-29(34-17-35-30(27)42-28(22)23(25)14-36-38)37-20-5-8-26(24(31)12-20)41-16-18-3-2-4-19(32)11-18;3-2(4,5)1(6)7/h2-5,8,11-12,14,17,21,33,39H,6-7,9-10,13,15-16H2,1H3,(H,34,35,37);(H,6,7)/t21-;/m1./s1. The highest BCUT2D eigenvalue weighted by molar-refractivity contribution is 7.22. The van der Waals surface area contributed by atoms with E-state index >= 15 is 0 Å². The van der Waals surface area contributed by atoms with Crippen molar-refractivity contribution in [2.75, 3.05) is 32.1 Å². The number of carboxylic acids is 1. The Balaban J connectivity index is 0.000000606. The first-order valence-electron chi connectivity index (χ1n) is 14.9. The van der Waals surface area contributed by atoms with Gasteiger partial charge in [-0.15, -0.1) is 11.3 Å². The van der Waals surface area contributed by atoms with Gasteiger partial charge in [0.05, 0.1) is 35.9 Å². The van der Waals surface area contributed by atoms with Gasteiger partial charge >= 0.3 is 12.1 Å². The van der Waals surface area contributed by atoms with E-state index in [9.17, 15) is 22.7 Å². The summed E-state index contributed by atoms with van der Waals surface area (Å²) in [6.45, 7) is 2.39. The maximum Gasteiger partial charge on any atom is 0.490 e. The Morgan fingerprint density at radius 1 is 1.18 bits per heavy atom. The van der Waals surface area contributed by atoms with E-state index in [1.165, 1.54) is 17.7 Å². The molecule has 0 bridgehead atoms. The van der Waals surface area contributed by atoms with Crippen molar-refractivity contribution in [1.29, 1.82) is 0 Å². The molecule has 4 N–H and O–H groups in total. The molecule has 0 aliphatic heterocycles. The lowest BCUT2D eigenvalue weighted by Crippen LogP contribution is -2.33. The molecule has 0 radical (unpaired) electrons. The van der Waals surface area contributed by atoms with Gasteiger partial charge in [0.25, 0.3) is 0 Å². The number of methoxy groups -OCH3 is 1. The highest BCUT2D eigenvalue weighted by atomic mass is 35.5. The second-order valence-electron chi connectivity index (χ2n) is 10.8. The molecule has 0 unspecified atom stereocenters. The highest BCUT2D eigenvalue weighted by Crippen LogP contribution is 2.45. The Hall–Kier alpha value is -4.35. The Kier molecular flexibility index (Phi) is 11.7. The molecule has 0 amide bonds. The van der Waals surface area contributed by atoms with Crippen LogP contribution in [0.25, 0.3) is 20.7 Å². The zero-order valence-electron chi connectivity index (χ0n) is 25.9. The molecule has 11 nitrogen and oxygen atoms in total. The van der Waals surface area contributed by atoms with Gasteiger partial charge in [-0.05, 0) is 54.3 Å². The van der Waals surface area contributed by atoms with Crippen molar-refractivity contribution < 1.29 is 42.0 Å². The van der Waals surface area contributed by atoms with Crippen LogP contribution in [0.4, 0.5) is 29.1 Å². The first-order chi connectivity index (χ1) is 23.4. The zero-order chi connectivity index (χ0) is 35.1. The summed E-state index contributed by atoms with van der Waals surface area (Å²) in [7, 11) is 1.66. The lowest BCUT2D eigenvalue weighted by molar-refractivity contribution is -0.192. The number of aliphatic hydroxyl groups is 1. The van der Waals surface area contributed by atoms with Crippen LogP contribution in [0.3, 0.4) is 0 Å². The predicted molar refractivity (Wildman–Crippen MR) is 176 cm³/mol. The van der Waals surface area contributed by atoms with Gasteiger partial charge in [0.2, 0.25) is 0 Å². The number of alkyl halides is 3. The number of carboxylic acid groups (broad SMARTS) is 1. The van der Waals surface area contributed by atoms with E-state index in [1.54, 1.807) is 49.0 Å². The molecule has 0 spiro atoms. The van der Waals surface area contributed by atoms with Gasteiger partial charge < -0.3 is 30.3 Å². The third kappa shape index (κ3) is 9.01. The summed E-state index contributed by atoms with van der Waals surface area (Å²) in [5.74, 6) is -1.85. The number of nitrogens with zero attached hydrogens (tertiary/aromatic N) is 4. The van der Waals surface area contributed by atoms with Crippen molar-refractivity contribution in [3.63, 3.8) is 0 Å². The Labute approximate surface area is 286 Å². The van der Waals surface area contributed by atoms with Gasteiger partial charge in [0, 0.05) is 42.0 Å². The van der Waals surface area contributed by atoms with Gasteiger partial charge in [-0.25, -0.2) is 19.2 Å².